The van der Waals surface area contributed by atoms with Crippen LogP contribution >= 0.6 is 11.6 Å². The first kappa shape index (κ1) is 20.6. The van der Waals surface area contributed by atoms with E-state index in [0.29, 0.717) is 18.0 Å². The van der Waals surface area contributed by atoms with Crippen LogP contribution < -0.4 is 10.1 Å². The summed E-state index contributed by atoms with van der Waals surface area (Å²) in [6.07, 6.45) is 2.78. The minimum atomic E-state index is -3.54. The largest absolute Gasteiger partial charge is 0.494 e. The van der Waals surface area contributed by atoms with Gasteiger partial charge in [-0.15, -0.1) is 0 Å². The molecule has 1 atom stereocenters. The predicted octanol–water partition coefficient (Wildman–Crippen LogP) is 3.56. The Bertz CT molecular complexity index is 964. The van der Waals surface area contributed by atoms with Gasteiger partial charge in [-0.1, -0.05) is 18.0 Å². The second kappa shape index (κ2) is 8.46. The highest BCUT2D eigenvalue weighted by molar-refractivity contribution is 7.89. The Balaban J connectivity index is 1.74. The van der Waals surface area contributed by atoms with E-state index in [1.165, 1.54) is 25.3 Å². The number of aromatic nitrogens is 1. The van der Waals surface area contributed by atoms with E-state index in [1.54, 1.807) is 22.5 Å². The van der Waals surface area contributed by atoms with Gasteiger partial charge in [-0.25, -0.2) is 13.4 Å². The summed E-state index contributed by atoms with van der Waals surface area (Å²) in [4.78, 5) is 16.5. The number of anilines is 1. The number of hydrogen-bond donors (Lipinski definition) is 1. The third-order valence-corrected chi connectivity index (χ3v) is 7.03. The van der Waals surface area contributed by atoms with Crippen molar-refractivity contribution in [1.82, 2.24) is 9.29 Å². The molecule has 28 heavy (non-hydrogen) atoms. The normalized spacial score (nSPS) is 17.9. The van der Waals surface area contributed by atoms with E-state index in [2.05, 4.69) is 10.3 Å². The summed E-state index contributed by atoms with van der Waals surface area (Å²) in [6.45, 7) is 2.46. The topological polar surface area (TPSA) is 88.6 Å². The van der Waals surface area contributed by atoms with E-state index in [-0.39, 0.29) is 21.8 Å². The quantitative estimate of drug-likeness (QED) is 0.743. The van der Waals surface area contributed by atoms with Gasteiger partial charge >= 0.3 is 0 Å². The molecule has 1 aliphatic rings. The Hall–Kier alpha value is -2.16. The van der Waals surface area contributed by atoms with Crippen LogP contribution in [0.5, 0.6) is 5.75 Å². The molecule has 150 valence electrons. The number of amides is 1. The minimum absolute atomic E-state index is 0.0102. The van der Waals surface area contributed by atoms with Crippen molar-refractivity contribution in [3.63, 3.8) is 0 Å². The summed E-state index contributed by atoms with van der Waals surface area (Å²) in [5.41, 5.74) is 0.592. The summed E-state index contributed by atoms with van der Waals surface area (Å²) in [5, 5.41) is 2.77. The van der Waals surface area contributed by atoms with E-state index < -0.39 is 15.9 Å². The number of piperidine rings is 1. The minimum Gasteiger partial charge on any atom is -0.494 e. The predicted molar refractivity (Wildman–Crippen MR) is 107 cm³/mol. The lowest BCUT2D eigenvalue weighted by Crippen LogP contribution is -2.41. The average Bonchev–Trinajstić information content (AvgIpc) is 2.68. The van der Waals surface area contributed by atoms with Crippen LogP contribution in [0.2, 0.25) is 5.15 Å². The van der Waals surface area contributed by atoms with E-state index in [4.69, 9.17) is 16.3 Å². The molecule has 7 nitrogen and oxygen atoms in total. The summed E-state index contributed by atoms with van der Waals surface area (Å²) in [6, 6.07) is 9.16. The van der Waals surface area contributed by atoms with Gasteiger partial charge in [0.1, 0.15) is 5.69 Å². The molecule has 1 aromatic carbocycles. The molecule has 0 saturated carbocycles. The molecular weight excluding hydrogens is 402 g/mol. The van der Waals surface area contributed by atoms with Gasteiger partial charge < -0.3 is 10.1 Å². The molecule has 3 rings (SSSR count). The van der Waals surface area contributed by atoms with Gasteiger partial charge in [0.25, 0.3) is 5.91 Å². The fourth-order valence-electron chi connectivity index (χ4n) is 3.17. The second-order valence-electron chi connectivity index (χ2n) is 6.63. The third kappa shape index (κ3) is 4.29. The molecule has 1 saturated heterocycles. The number of carbonyl (C=O) groups is 1. The summed E-state index contributed by atoms with van der Waals surface area (Å²) < 4.78 is 32.3. The first-order valence-electron chi connectivity index (χ1n) is 8.96. The molecule has 0 bridgehead atoms. The highest BCUT2D eigenvalue weighted by Gasteiger charge is 2.30. The van der Waals surface area contributed by atoms with Crippen LogP contribution in [0.25, 0.3) is 0 Å². The Labute approximate surface area is 169 Å². The van der Waals surface area contributed by atoms with Crippen molar-refractivity contribution in [3.8, 4) is 5.75 Å². The number of methoxy groups -OCH3 is 1. The monoisotopic (exact) mass is 423 g/mol. The zero-order valence-corrected chi connectivity index (χ0v) is 17.3. The number of carbonyl (C=O) groups excluding carboxylic acids is 1. The highest BCUT2D eigenvalue weighted by atomic mass is 35.5. The van der Waals surface area contributed by atoms with E-state index in [1.807, 2.05) is 6.92 Å². The lowest BCUT2D eigenvalue weighted by Gasteiger charge is -2.32. The van der Waals surface area contributed by atoms with Gasteiger partial charge in [0.05, 0.1) is 12.0 Å². The van der Waals surface area contributed by atoms with Gasteiger partial charge in [0.15, 0.2) is 10.9 Å². The fourth-order valence-corrected chi connectivity index (χ4v) is 5.10. The van der Waals surface area contributed by atoms with Crippen LogP contribution in [0.4, 0.5) is 5.69 Å². The van der Waals surface area contributed by atoms with E-state index in [9.17, 15) is 13.2 Å². The zero-order chi connectivity index (χ0) is 20.3. The molecule has 1 aromatic heterocycles. The van der Waals surface area contributed by atoms with Crippen LogP contribution in [0, 0.1) is 0 Å². The Morgan fingerprint density at radius 2 is 1.93 bits per heavy atom. The van der Waals surface area contributed by atoms with Crippen molar-refractivity contribution < 1.29 is 17.9 Å². The number of pyridine rings is 1. The number of rotatable bonds is 5. The maximum absolute atomic E-state index is 12.9. The van der Waals surface area contributed by atoms with Crippen LogP contribution in [-0.4, -0.2) is 43.3 Å². The van der Waals surface area contributed by atoms with Gasteiger partial charge in [-0.05, 0) is 56.2 Å². The Morgan fingerprint density at radius 3 is 2.54 bits per heavy atom. The average molecular weight is 424 g/mol. The highest BCUT2D eigenvalue weighted by Crippen LogP contribution is 2.26. The Morgan fingerprint density at radius 1 is 1.21 bits per heavy atom. The van der Waals surface area contributed by atoms with Crippen molar-refractivity contribution in [2.45, 2.75) is 37.1 Å². The van der Waals surface area contributed by atoms with E-state index >= 15 is 0 Å². The maximum Gasteiger partial charge on any atom is 0.274 e. The van der Waals surface area contributed by atoms with Gasteiger partial charge in [-0.2, -0.15) is 4.31 Å². The number of ether oxygens (including phenoxy) is 1. The number of benzene rings is 1. The molecule has 0 aliphatic carbocycles. The summed E-state index contributed by atoms with van der Waals surface area (Å²) >= 11 is 5.95. The SMILES string of the molecule is COc1ccc(C(=O)Nc2ccc(S(=O)(=O)N3CCCC[C@@H]3C)cc2)nc1Cl. The molecule has 1 aliphatic heterocycles. The van der Waals surface area contributed by atoms with Crippen molar-refractivity contribution in [2.24, 2.45) is 0 Å². The van der Waals surface area contributed by atoms with Crippen molar-refractivity contribution in [1.29, 1.82) is 0 Å². The van der Waals surface area contributed by atoms with Crippen LogP contribution in [-0.2, 0) is 10.0 Å². The molecule has 2 heterocycles. The van der Waals surface area contributed by atoms with Gasteiger partial charge in [-0.3, -0.25) is 4.79 Å². The van der Waals surface area contributed by atoms with Crippen LogP contribution in [0.1, 0.15) is 36.7 Å². The van der Waals surface area contributed by atoms with Crippen molar-refractivity contribution in [2.75, 3.05) is 19.0 Å². The molecule has 0 unspecified atom stereocenters. The number of nitrogens with one attached hydrogen (secondary N) is 1. The van der Waals surface area contributed by atoms with Gasteiger partial charge in [0.2, 0.25) is 10.0 Å². The first-order valence-corrected chi connectivity index (χ1v) is 10.8. The number of nitrogens with zero attached hydrogens (tertiary/aromatic N) is 2. The number of sulfonamides is 1. The molecule has 0 radical (unpaired) electrons. The molecule has 1 N–H and O–H groups in total. The molecule has 9 heteroatoms. The third-order valence-electron chi connectivity index (χ3n) is 4.73. The second-order valence-corrected chi connectivity index (χ2v) is 8.88. The fraction of sp³-hybridized carbons (Fsp3) is 0.368. The molecule has 2 aromatic rings. The maximum atomic E-state index is 12.9. The molecular formula is C19H22ClN3O4S. The summed E-state index contributed by atoms with van der Waals surface area (Å²) in [7, 11) is -2.08. The Kier molecular flexibility index (Phi) is 6.22. The molecule has 0 spiro atoms. The number of halogens is 1. The van der Waals surface area contributed by atoms with Crippen molar-refractivity contribution >= 4 is 33.2 Å². The van der Waals surface area contributed by atoms with Gasteiger partial charge in [0, 0.05) is 18.3 Å². The number of hydrogen-bond acceptors (Lipinski definition) is 5. The smallest absolute Gasteiger partial charge is 0.274 e. The molecule has 1 amide bonds. The standard InChI is InChI=1S/C19H22ClN3O4S/c1-13-5-3-4-12-23(13)28(25,26)15-8-6-14(7-9-15)21-19(24)16-10-11-17(27-2)18(20)22-16/h6-11,13H,3-5,12H2,1-2H3,(H,21,24)/t13-/m0/s1. The van der Waals surface area contributed by atoms with Crippen molar-refractivity contribution in [3.05, 3.63) is 47.2 Å². The lowest BCUT2D eigenvalue weighted by molar-refractivity contribution is 0.102. The summed E-state index contributed by atoms with van der Waals surface area (Å²) in [5.74, 6) is -0.0791. The first-order chi connectivity index (χ1) is 13.3. The van der Waals surface area contributed by atoms with Crippen LogP contribution in [0.3, 0.4) is 0 Å². The van der Waals surface area contributed by atoms with E-state index in [0.717, 1.165) is 19.3 Å². The zero-order valence-electron chi connectivity index (χ0n) is 15.7. The lowest BCUT2D eigenvalue weighted by atomic mass is 10.1. The van der Waals surface area contributed by atoms with Crippen LogP contribution in [0.15, 0.2) is 41.3 Å². The molecule has 1 fully saturated rings.